The van der Waals surface area contributed by atoms with E-state index in [4.69, 9.17) is 0 Å². The third-order valence-electron chi connectivity index (χ3n) is 1.04. The highest BCUT2D eigenvalue weighted by atomic mass is 16.1. The summed E-state index contributed by atoms with van der Waals surface area (Å²) in [6, 6.07) is 0. The Morgan fingerprint density at radius 3 is 2.67 bits per heavy atom. The minimum absolute atomic E-state index is 0.692. The Bertz CT molecular complexity index is 113. The Hall–Kier alpha value is -0.850. The third kappa shape index (κ3) is 3.71. The average molecular weight is 124 g/mol. The number of aldehydes is 1. The van der Waals surface area contributed by atoms with Crippen molar-refractivity contribution in [1.82, 2.24) is 0 Å². The smallest absolute Gasteiger partial charge is 0.149 e. The fourth-order valence-electron chi connectivity index (χ4n) is 0.491. The van der Waals surface area contributed by atoms with Gasteiger partial charge in [0.2, 0.25) is 0 Å². The van der Waals surface area contributed by atoms with Crippen LogP contribution in [0.25, 0.3) is 0 Å². The number of carbonyl (C=O) groups is 1. The summed E-state index contributed by atoms with van der Waals surface area (Å²) in [5.74, 6) is 0. The minimum atomic E-state index is 0.692. The van der Waals surface area contributed by atoms with E-state index in [0.717, 1.165) is 19.1 Å². The molecule has 0 amide bonds. The summed E-state index contributed by atoms with van der Waals surface area (Å²) in [7, 11) is 0. The second-order valence-electron chi connectivity index (χ2n) is 1.81. The van der Waals surface area contributed by atoms with E-state index in [-0.39, 0.29) is 0 Å². The summed E-state index contributed by atoms with van der Waals surface area (Å²) in [5, 5.41) is 0. The molecule has 0 aliphatic carbocycles. The largest absolute Gasteiger partial charge is 0.298 e. The fraction of sp³-hybridized carbons (Fsp3) is 0.375. The monoisotopic (exact) mass is 124 g/mol. The first-order valence-corrected chi connectivity index (χ1v) is 3.13. The number of unbranched alkanes of at least 4 members (excludes halogenated alkanes) is 1. The fourth-order valence-corrected chi connectivity index (χ4v) is 0.491. The van der Waals surface area contributed by atoms with E-state index in [0.29, 0.717) is 5.57 Å². The van der Waals surface area contributed by atoms with Crippen LogP contribution in [0, 0.1) is 0 Å². The molecular formula is C8H12O. The van der Waals surface area contributed by atoms with Crippen molar-refractivity contribution in [2.45, 2.75) is 19.8 Å². The van der Waals surface area contributed by atoms with Crippen LogP contribution in [-0.4, -0.2) is 6.29 Å². The first-order chi connectivity index (χ1) is 4.35. The lowest BCUT2D eigenvalue weighted by atomic mass is 10.2. The number of allylic oxidation sites excluding steroid dienone is 3. The molecule has 1 heteroatoms. The predicted molar refractivity (Wildman–Crippen MR) is 39.3 cm³/mol. The number of rotatable bonds is 4. The van der Waals surface area contributed by atoms with Gasteiger partial charge >= 0.3 is 0 Å². The highest BCUT2D eigenvalue weighted by Crippen LogP contribution is 1.95. The molecule has 0 fully saturated rings. The van der Waals surface area contributed by atoms with Crippen molar-refractivity contribution in [2.24, 2.45) is 0 Å². The maximum atomic E-state index is 10.1. The normalized spacial score (nSPS) is 11.0. The molecule has 0 saturated heterocycles. The predicted octanol–water partition coefficient (Wildman–Crippen LogP) is 2.10. The van der Waals surface area contributed by atoms with Gasteiger partial charge in [-0.1, -0.05) is 32.1 Å². The van der Waals surface area contributed by atoms with Gasteiger partial charge in [-0.3, -0.25) is 4.79 Å². The van der Waals surface area contributed by atoms with Crippen LogP contribution in [0.1, 0.15) is 19.8 Å². The van der Waals surface area contributed by atoms with Crippen LogP contribution < -0.4 is 0 Å². The van der Waals surface area contributed by atoms with E-state index < -0.39 is 0 Å². The van der Waals surface area contributed by atoms with Crippen LogP contribution >= 0.6 is 0 Å². The van der Waals surface area contributed by atoms with E-state index in [1.807, 2.05) is 6.08 Å². The van der Waals surface area contributed by atoms with Crippen LogP contribution in [0.3, 0.4) is 0 Å². The van der Waals surface area contributed by atoms with Crippen molar-refractivity contribution in [2.75, 3.05) is 0 Å². The van der Waals surface area contributed by atoms with Crippen molar-refractivity contribution < 1.29 is 4.79 Å². The van der Waals surface area contributed by atoms with Crippen LogP contribution in [-0.2, 0) is 4.79 Å². The van der Waals surface area contributed by atoms with Gasteiger partial charge in [0, 0.05) is 5.57 Å². The molecule has 0 aromatic carbocycles. The topological polar surface area (TPSA) is 17.1 Å². The van der Waals surface area contributed by atoms with Crippen molar-refractivity contribution in [3.63, 3.8) is 0 Å². The second-order valence-corrected chi connectivity index (χ2v) is 1.81. The van der Waals surface area contributed by atoms with Crippen molar-refractivity contribution >= 4 is 6.29 Å². The lowest BCUT2D eigenvalue weighted by molar-refractivity contribution is -0.104. The zero-order valence-corrected chi connectivity index (χ0v) is 5.76. The third-order valence-corrected chi connectivity index (χ3v) is 1.04. The zero-order valence-electron chi connectivity index (χ0n) is 5.76. The Kier molecular flexibility index (Phi) is 4.79. The van der Waals surface area contributed by atoms with Gasteiger partial charge in [-0.15, -0.1) is 0 Å². The van der Waals surface area contributed by atoms with E-state index >= 15 is 0 Å². The van der Waals surface area contributed by atoms with Gasteiger partial charge in [0.25, 0.3) is 0 Å². The quantitative estimate of drug-likeness (QED) is 0.318. The molecule has 0 rings (SSSR count). The van der Waals surface area contributed by atoms with Crippen LogP contribution in [0.4, 0.5) is 0 Å². The summed E-state index contributed by atoms with van der Waals surface area (Å²) in [4.78, 5) is 10.1. The lowest BCUT2D eigenvalue weighted by Gasteiger charge is -1.86. The van der Waals surface area contributed by atoms with Gasteiger partial charge in [0.15, 0.2) is 0 Å². The summed E-state index contributed by atoms with van der Waals surface area (Å²) in [6.07, 6.45) is 6.32. The summed E-state index contributed by atoms with van der Waals surface area (Å²) in [5.41, 5.74) is 0.692. The molecular weight excluding hydrogens is 112 g/mol. The van der Waals surface area contributed by atoms with Crippen molar-refractivity contribution in [3.8, 4) is 0 Å². The van der Waals surface area contributed by atoms with Gasteiger partial charge in [-0.25, -0.2) is 0 Å². The molecule has 0 heterocycles. The Morgan fingerprint density at radius 1 is 1.67 bits per heavy atom. The van der Waals surface area contributed by atoms with Crippen molar-refractivity contribution in [3.05, 3.63) is 24.3 Å². The Labute approximate surface area is 56.1 Å². The molecule has 0 aliphatic heterocycles. The highest BCUT2D eigenvalue weighted by Gasteiger charge is 1.83. The molecule has 0 N–H and O–H groups in total. The molecule has 0 atom stereocenters. The van der Waals surface area contributed by atoms with Crippen LogP contribution in [0.5, 0.6) is 0 Å². The standard InChI is InChI=1S/C8H12O/c1-3-5-6-8(4-2)7-9/h4,6-7H,2-3,5H2,1H3. The van der Waals surface area contributed by atoms with E-state index in [2.05, 4.69) is 13.5 Å². The molecule has 0 radical (unpaired) electrons. The van der Waals surface area contributed by atoms with E-state index in [1.165, 1.54) is 0 Å². The van der Waals surface area contributed by atoms with Gasteiger partial charge < -0.3 is 0 Å². The SMILES string of the molecule is C=CC(C=O)=CCCC. The summed E-state index contributed by atoms with van der Waals surface area (Å²) >= 11 is 0. The first kappa shape index (κ1) is 8.15. The maximum absolute atomic E-state index is 10.1. The lowest BCUT2D eigenvalue weighted by Crippen LogP contribution is -1.76. The molecule has 9 heavy (non-hydrogen) atoms. The number of hydrogen-bond acceptors (Lipinski definition) is 1. The van der Waals surface area contributed by atoms with Crippen LogP contribution in [0.15, 0.2) is 24.3 Å². The van der Waals surface area contributed by atoms with E-state index in [9.17, 15) is 4.79 Å². The summed E-state index contributed by atoms with van der Waals surface area (Å²) in [6.45, 7) is 5.56. The molecule has 0 aromatic heterocycles. The Balaban J connectivity index is 3.75. The van der Waals surface area contributed by atoms with Gasteiger partial charge in [0.1, 0.15) is 6.29 Å². The molecule has 0 unspecified atom stereocenters. The summed E-state index contributed by atoms with van der Waals surface area (Å²) < 4.78 is 0. The van der Waals surface area contributed by atoms with Gasteiger partial charge in [-0.2, -0.15) is 0 Å². The van der Waals surface area contributed by atoms with Gasteiger partial charge in [0.05, 0.1) is 0 Å². The highest BCUT2D eigenvalue weighted by molar-refractivity contribution is 5.76. The average Bonchev–Trinajstić information content (AvgIpc) is 1.91. The minimum Gasteiger partial charge on any atom is -0.298 e. The molecule has 0 bridgehead atoms. The van der Waals surface area contributed by atoms with Crippen molar-refractivity contribution in [1.29, 1.82) is 0 Å². The molecule has 0 aromatic rings. The molecule has 50 valence electrons. The molecule has 0 spiro atoms. The van der Waals surface area contributed by atoms with E-state index in [1.54, 1.807) is 6.08 Å². The molecule has 0 saturated carbocycles. The maximum Gasteiger partial charge on any atom is 0.149 e. The van der Waals surface area contributed by atoms with Gasteiger partial charge in [-0.05, 0) is 6.42 Å². The Morgan fingerprint density at radius 2 is 2.33 bits per heavy atom. The number of hydrogen-bond donors (Lipinski definition) is 0. The molecule has 0 aliphatic rings. The first-order valence-electron chi connectivity index (χ1n) is 3.13. The molecule has 1 nitrogen and oxygen atoms in total. The van der Waals surface area contributed by atoms with Crippen LogP contribution in [0.2, 0.25) is 0 Å². The second kappa shape index (κ2) is 5.29. The zero-order chi connectivity index (χ0) is 7.11. The number of carbonyl (C=O) groups excluding carboxylic acids is 1.